The zero-order chi connectivity index (χ0) is 15.4. The molecule has 0 atom stereocenters. The number of H-pyrrole nitrogens is 1. The Morgan fingerprint density at radius 3 is 2.86 bits per heavy atom. The van der Waals surface area contributed by atoms with Gasteiger partial charge in [-0.15, -0.1) is 10.2 Å². The van der Waals surface area contributed by atoms with Crippen LogP contribution in [0.3, 0.4) is 0 Å². The van der Waals surface area contributed by atoms with Gasteiger partial charge in [0.05, 0.1) is 0 Å². The van der Waals surface area contributed by atoms with E-state index in [0.29, 0.717) is 25.2 Å². The first-order valence-electron chi connectivity index (χ1n) is 6.68. The number of aryl methyl sites for hydroxylation is 2. The van der Waals surface area contributed by atoms with E-state index in [4.69, 9.17) is 0 Å². The van der Waals surface area contributed by atoms with Gasteiger partial charge in [-0.1, -0.05) is 5.21 Å². The lowest BCUT2D eigenvalue weighted by Crippen LogP contribution is -2.34. The summed E-state index contributed by atoms with van der Waals surface area (Å²) in [6, 6.07) is 1.63. The van der Waals surface area contributed by atoms with Crippen LogP contribution in [-0.2, 0) is 13.5 Å². The topological polar surface area (TPSA) is 106 Å². The predicted molar refractivity (Wildman–Crippen MR) is 76.0 cm³/mol. The van der Waals surface area contributed by atoms with E-state index in [1.807, 2.05) is 13.8 Å². The SMILES string of the molecule is Cc1cc(C(=O)NCCCc2nn[nH]n2)c(=O)n(C)c1C. The second-order valence-electron chi connectivity index (χ2n) is 4.88. The van der Waals surface area contributed by atoms with E-state index in [9.17, 15) is 9.59 Å². The third-order valence-corrected chi connectivity index (χ3v) is 3.47. The third-order valence-electron chi connectivity index (χ3n) is 3.47. The number of aromatic nitrogens is 5. The molecular formula is C13H18N6O2. The molecule has 0 saturated heterocycles. The number of hydrogen-bond acceptors (Lipinski definition) is 5. The molecule has 0 unspecified atom stereocenters. The molecule has 21 heavy (non-hydrogen) atoms. The summed E-state index contributed by atoms with van der Waals surface area (Å²) >= 11 is 0. The molecule has 8 nitrogen and oxygen atoms in total. The van der Waals surface area contributed by atoms with Crippen LogP contribution < -0.4 is 10.9 Å². The van der Waals surface area contributed by atoms with Gasteiger partial charge in [0, 0.05) is 25.7 Å². The van der Waals surface area contributed by atoms with Crippen molar-refractivity contribution in [3.63, 3.8) is 0 Å². The number of pyridine rings is 1. The lowest BCUT2D eigenvalue weighted by atomic mass is 10.1. The molecule has 0 fully saturated rings. The van der Waals surface area contributed by atoms with Gasteiger partial charge < -0.3 is 9.88 Å². The number of hydrogen-bond donors (Lipinski definition) is 2. The van der Waals surface area contributed by atoms with E-state index >= 15 is 0 Å². The quantitative estimate of drug-likeness (QED) is 0.747. The van der Waals surface area contributed by atoms with Crippen LogP contribution >= 0.6 is 0 Å². The van der Waals surface area contributed by atoms with Gasteiger partial charge in [0.2, 0.25) is 0 Å². The molecular weight excluding hydrogens is 272 g/mol. The Morgan fingerprint density at radius 2 is 2.19 bits per heavy atom. The van der Waals surface area contributed by atoms with Gasteiger partial charge >= 0.3 is 0 Å². The van der Waals surface area contributed by atoms with Crippen LogP contribution in [0.25, 0.3) is 0 Å². The van der Waals surface area contributed by atoms with Crippen LogP contribution in [0.1, 0.15) is 33.9 Å². The van der Waals surface area contributed by atoms with E-state index in [1.165, 1.54) is 4.57 Å². The summed E-state index contributed by atoms with van der Waals surface area (Å²) in [6.07, 6.45) is 1.29. The van der Waals surface area contributed by atoms with Crippen molar-refractivity contribution in [2.24, 2.45) is 7.05 Å². The summed E-state index contributed by atoms with van der Waals surface area (Å²) in [5.41, 5.74) is 1.65. The van der Waals surface area contributed by atoms with E-state index in [1.54, 1.807) is 13.1 Å². The normalized spacial score (nSPS) is 10.6. The smallest absolute Gasteiger partial charge is 0.263 e. The zero-order valence-electron chi connectivity index (χ0n) is 12.3. The Balaban J connectivity index is 1.96. The molecule has 0 spiro atoms. The molecule has 0 aliphatic heterocycles. The Bertz CT molecular complexity index is 689. The summed E-state index contributed by atoms with van der Waals surface area (Å²) < 4.78 is 1.49. The fourth-order valence-corrected chi connectivity index (χ4v) is 1.97. The summed E-state index contributed by atoms with van der Waals surface area (Å²) in [4.78, 5) is 24.1. The largest absolute Gasteiger partial charge is 0.352 e. The van der Waals surface area contributed by atoms with Crippen LogP contribution in [0.2, 0.25) is 0 Å². The predicted octanol–water partition coefficient (Wildman–Crippen LogP) is -0.122. The van der Waals surface area contributed by atoms with Crippen molar-refractivity contribution in [1.29, 1.82) is 0 Å². The molecule has 0 aliphatic rings. The Labute approximate surface area is 121 Å². The minimum atomic E-state index is -0.355. The van der Waals surface area contributed by atoms with Gasteiger partial charge in [0.15, 0.2) is 5.82 Å². The van der Waals surface area contributed by atoms with Crippen molar-refractivity contribution in [3.05, 3.63) is 39.1 Å². The molecule has 2 aromatic rings. The average Bonchev–Trinajstić information content (AvgIpc) is 2.98. The second-order valence-corrected chi connectivity index (χ2v) is 4.88. The highest BCUT2D eigenvalue weighted by atomic mass is 16.2. The number of carbonyl (C=O) groups excluding carboxylic acids is 1. The molecule has 2 N–H and O–H groups in total. The molecule has 0 aromatic carbocycles. The summed E-state index contributed by atoms with van der Waals surface area (Å²) in [6.45, 7) is 4.18. The maximum absolute atomic E-state index is 12.1. The first-order valence-corrected chi connectivity index (χ1v) is 6.68. The molecule has 0 saturated carbocycles. The summed E-state index contributed by atoms with van der Waals surface area (Å²) in [5.74, 6) is 0.248. The molecule has 2 aromatic heterocycles. The molecule has 2 heterocycles. The van der Waals surface area contributed by atoms with Gasteiger partial charge in [0.25, 0.3) is 11.5 Å². The monoisotopic (exact) mass is 290 g/mol. The zero-order valence-corrected chi connectivity index (χ0v) is 12.3. The van der Waals surface area contributed by atoms with Crippen molar-refractivity contribution in [2.45, 2.75) is 26.7 Å². The van der Waals surface area contributed by atoms with E-state index < -0.39 is 0 Å². The van der Waals surface area contributed by atoms with Gasteiger partial charge in [-0.3, -0.25) is 9.59 Å². The number of carbonyl (C=O) groups is 1. The van der Waals surface area contributed by atoms with Crippen LogP contribution in [0.15, 0.2) is 10.9 Å². The molecule has 112 valence electrons. The van der Waals surface area contributed by atoms with Crippen molar-refractivity contribution in [3.8, 4) is 0 Å². The molecule has 8 heteroatoms. The number of nitrogens with zero attached hydrogens (tertiary/aromatic N) is 4. The minimum Gasteiger partial charge on any atom is -0.352 e. The highest BCUT2D eigenvalue weighted by molar-refractivity contribution is 5.94. The van der Waals surface area contributed by atoms with Gasteiger partial charge in [0.1, 0.15) is 5.56 Å². The first kappa shape index (κ1) is 14.9. The van der Waals surface area contributed by atoms with Gasteiger partial charge in [-0.2, -0.15) is 5.21 Å². The first-order chi connectivity index (χ1) is 10.0. The van der Waals surface area contributed by atoms with Crippen LogP contribution in [-0.4, -0.2) is 37.6 Å². The highest BCUT2D eigenvalue weighted by Gasteiger charge is 2.13. The Morgan fingerprint density at radius 1 is 1.43 bits per heavy atom. The number of amides is 1. The Kier molecular flexibility index (Phi) is 4.46. The fraction of sp³-hybridized carbons (Fsp3) is 0.462. The van der Waals surface area contributed by atoms with Crippen molar-refractivity contribution >= 4 is 5.91 Å². The lowest BCUT2D eigenvalue weighted by molar-refractivity contribution is 0.0951. The van der Waals surface area contributed by atoms with Crippen LogP contribution in [0.4, 0.5) is 0 Å². The van der Waals surface area contributed by atoms with E-state index in [2.05, 4.69) is 25.9 Å². The number of tetrazole rings is 1. The maximum atomic E-state index is 12.1. The van der Waals surface area contributed by atoms with Gasteiger partial charge in [-0.25, -0.2) is 0 Å². The highest BCUT2D eigenvalue weighted by Crippen LogP contribution is 2.05. The van der Waals surface area contributed by atoms with E-state index in [-0.39, 0.29) is 17.0 Å². The average molecular weight is 290 g/mol. The maximum Gasteiger partial charge on any atom is 0.263 e. The van der Waals surface area contributed by atoms with Crippen molar-refractivity contribution < 1.29 is 4.79 Å². The second kappa shape index (κ2) is 6.29. The number of aromatic amines is 1. The third kappa shape index (κ3) is 3.33. The van der Waals surface area contributed by atoms with Crippen LogP contribution in [0, 0.1) is 13.8 Å². The standard InChI is InChI=1S/C13H18N6O2/c1-8-7-10(13(21)19(3)9(8)2)12(20)14-6-4-5-11-15-17-18-16-11/h7H,4-6H2,1-3H3,(H,14,20)(H,15,16,17,18). The fourth-order valence-electron chi connectivity index (χ4n) is 1.97. The molecule has 0 radical (unpaired) electrons. The molecule has 1 amide bonds. The van der Waals surface area contributed by atoms with Crippen molar-refractivity contribution in [1.82, 2.24) is 30.5 Å². The lowest BCUT2D eigenvalue weighted by Gasteiger charge is -2.10. The number of nitrogens with one attached hydrogen (secondary N) is 2. The molecule has 2 rings (SSSR count). The minimum absolute atomic E-state index is 0.167. The van der Waals surface area contributed by atoms with Gasteiger partial charge in [-0.05, 0) is 31.9 Å². The van der Waals surface area contributed by atoms with Crippen molar-refractivity contribution in [2.75, 3.05) is 6.54 Å². The molecule has 0 aliphatic carbocycles. The number of rotatable bonds is 5. The summed E-state index contributed by atoms with van der Waals surface area (Å²) in [5, 5.41) is 16.2. The van der Waals surface area contributed by atoms with Crippen LogP contribution in [0.5, 0.6) is 0 Å². The molecule has 0 bridgehead atoms. The Hall–Kier alpha value is -2.51. The van der Waals surface area contributed by atoms with E-state index in [0.717, 1.165) is 11.3 Å². The summed E-state index contributed by atoms with van der Waals surface area (Å²) in [7, 11) is 1.66.